The molecule has 2 N–H and O–H groups in total. The van der Waals surface area contributed by atoms with Crippen molar-refractivity contribution in [2.24, 2.45) is 11.1 Å². The lowest BCUT2D eigenvalue weighted by Gasteiger charge is -2.51. The van der Waals surface area contributed by atoms with E-state index < -0.39 is 0 Å². The van der Waals surface area contributed by atoms with Crippen molar-refractivity contribution in [3.63, 3.8) is 0 Å². The van der Waals surface area contributed by atoms with Crippen LogP contribution >= 0.6 is 11.6 Å². The second kappa shape index (κ2) is 4.46. The van der Waals surface area contributed by atoms with E-state index in [1.807, 2.05) is 0 Å². The van der Waals surface area contributed by atoms with Crippen LogP contribution in [0.1, 0.15) is 26.7 Å². The van der Waals surface area contributed by atoms with E-state index in [2.05, 4.69) is 13.8 Å². The van der Waals surface area contributed by atoms with Gasteiger partial charge in [-0.15, -0.1) is 0 Å². The van der Waals surface area contributed by atoms with Crippen LogP contribution in [-0.4, -0.2) is 12.1 Å². The second-order valence-corrected chi connectivity index (χ2v) is 5.29. The number of benzene rings is 1. The zero-order valence-corrected chi connectivity index (χ0v) is 10.8. The van der Waals surface area contributed by atoms with E-state index in [1.54, 1.807) is 6.07 Å². The molecule has 1 saturated carbocycles. The predicted octanol–water partition coefficient (Wildman–Crippen LogP) is 3.37. The molecular weight excluding hydrogens is 241 g/mol. The minimum absolute atomic E-state index is 0.0162. The van der Waals surface area contributed by atoms with Gasteiger partial charge in [-0.1, -0.05) is 25.4 Å². The molecule has 1 aliphatic rings. The first-order valence-corrected chi connectivity index (χ1v) is 6.22. The minimum Gasteiger partial charge on any atom is -0.488 e. The maximum absolute atomic E-state index is 12.9. The van der Waals surface area contributed by atoms with E-state index in [0.717, 1.165) is 12.8 Å². The van der Waals surface area contributed by atoms with Crippen LogP contribution in [0.4, 0.5) is 4.39 Å². The van der Waals surface area contributed by atoms with Gasteiger partial charge in [0.15, 0.2) is 0 Å². The largest absolute Gasteiger partial charge is 0.488 e. The van der Waals surface area contributed by atoms with Crippen LogP contribution in [0.3, 0.4) is 0 Å². The molecule has 0 aliphatic heterocycles. The molecule has 2 rings (SSSR count). The molecule has 1 fully saturated rings. The first kappa shape index (κ1) is 12.7. The van der Waals surface area contributed by atoms with Crippen molar-refractivity contribution >= 4 is 11.6 Å². The van der Waals surface area contributed by atoms with Crippen LogP contribution in [-0.2, 0) is 0 Å². The minimum atomic E-state index is -0.356. The maximum Gasteiger partial charge on any atom is 0.138 e. The van der Waals surface area contributed by atoms with Crippen LogP contribution in [0.2, 0.25) is 5.02 Å². The van der Waals surface area contributed by atoms with Crippen LogP contribution < -0.4 is 10.5 Å². The molecule has 17 heavy (non-hydrogen) atoms. The van der Waals surface area contributed by atoms with E-state index in [1.165, 1.54) is 12.1 Å². The molecule has 0 aromatic heterocycles. The van der Waals surface area contributed by atoms with E-state index in [9.17, 15) is 4.39 Å². The highest BCUT2D eigenvalue weighted by molar-refractivity contribution is 6.32. The highest BCUT2D eigenvalue weighted by Crippen LogP contribution is 2.45. The maximum atomic E-state index is 12.9. The van der Waals surface area contributed by atoms with Gasteiger partial charge < -0.3 is 10.5 Å². The Hall–Kier alpha value is -0.800. The molecule has 1 aromatic rings. The molecule has 0 radical (unpaired) electrons. The van der Waals surface area contributed by atoms with Crippen LogP contribution in [0.15, 0.2) is 18.2 Å². The highest BCUT2D eigenvalue weighted by Gasteiger charge is 2.50. The molecule has 3 unspecified atom stereocenters. The van der Waals surface area contributed by atoms with Gasteiger partial charge in [0, 0.05) is 17.9 Å². The third-order valence-electron chi connectivity index (χ3n) is 3.98. The Morgan fingerprint density at radius 3 is 2.82 bits per heavy atom. The molecule has 4 heteroatoms. The molecule has 2 nitrogen and oxygen atoms in total. The van der Waals surface area contributed by atoms with Crippen molar-refractivity contribution in [2.45, 2.75) is 38.8 Å². The van der Waals surface area contributed by atoms with Gasteiger partial charge in [0.25, 0.3) is 0 Å². The third kappa shape index (κ3) is 2.14. The summed E-state index contributed by atoms with van der Waals surface area (Å²) < 4.78 is 18.7. The Kier molecular flexibility index (Phi) is 3.32. The lowest BCUT2D eigenvalue weighted by molar-refractivity contribution is -0.0559. The molecule has 0 heterocycles. The average molecular weight is 258 g/mol. The molecule has 94 valence electrons. The molecule has 1 aromatic carbocycles. The fourth-order valence-electron chi connectivity index (χ4n) is 2.24. The fourth-order valence-corrected chi connectivity index (χ4v) is 2.46. The van der Waals surface area contributed by atoms with Crippen molar-refractivity contribution in [2.75, 3.05) is 0 Å². The van der Waals surface area contributed by atoms with Gasteiger partial charge in [-0.2, -0.15) is 0 Å². The lowest BCUT2D eigenvalue weighted by Crippen LogP contribution is -2.61. The Bertz CT molecular complexity index is 426. The summed E-state index contributed by atoms with van der Waals surface area (Å²) in [4.78, 5) is 0. The van der Waals surface area contributed by atoms with Crippen molar-refractivity contribution in [3.8, 4) is 5.75 Å². The number of hydrogen-bond acceptors (Lipinski definition) is 2. The van der Waals surface area contributed by atoms with Crippen molar-refractivity contribution in [1.29, 1.82) is 0 Å². The summed E-state index contributed by atoms with van der Waals surface area (Å²) in [5.74, 6) is 0.176. The van der Waals surface area contributed by atoms with Crippen molar-refractivity contribution in [3.05, 3.63) is 29.0 Å². The summed E-state index contributed by atoms with van der Waals surface area (Å²) >= 11 is 5.93. The van der Waals surface area contributed by atoms with Gasteiger partial charge in [-0.3, -0.25) is 0 Å². The zero-order valence-electron chi connectivity index (χ0n) is 10.0. The normalized spacial score (nSPS) is 32.1. The van der Waals surface area contributed by atoms with Gasteiger partial charge in [0.2, 0.25) is 0 Å². The monoisotopic (exact) mass is 257 g/mol. The standard InChI is InChI=1S/C13H17ClFNO/c1-3-13(2)11(16)7-12(13)17-10-5-4-8(15)6-9(10)14/h4-6,11-12H,3,7,16H2,1-2H3. The molecule has 1 aliphatic carbocycles. The van der Waals surface area contributed by atoms with Crippen molar-refractivity contribution < 1.29 is 9.13 Å². The molecule has 0 bridgehead atoms. The SMILES string of the molecule is CCC1(C)C(N)CC1Oc1ccc(F)cc1Cl. The molecule has 3 atom stereocenters. The zero-order chi connectivity index (χ0) is 12.6. The Labute approximate surface area is 106 Å². The first-order valence-electron chi connectivity index (χ1n) is 5.84. The van der Waals surface area contributed by atoms with E-state index in [-0.39, 0.29) is 23.4 Å². The third-order valence-corrected chi connectivity index (χ3v) is 4.27. The molecular formula is C13H17ClFNO. The van der Waals surface area contributed by atoms with Crippen LogP contribution in [0.5, 0.6) is 5.75 Å². The Morgan fingerprint density at radius 1 is 1.59 bits per heavy atom. The van der Waals surface area contributed by atoms with E-state index in [4.69, 9.17) is 22.1 Å². The van der Waals surface area contributed by atoms with E-state index in [0.29, 0.717) is 10.8 Å². The number of ether oxygens (including phenoxy) is 1. The van der Waals surface area contributed by atoms with Gasteiger partial charge in [0.05, 0.1) is 5.02 Å². The number of rotatable bonds is 3. The first-order chi connectivity index (χ1) is 7.97. The second-order valence-electron chi connectivity index (χ2n) is 4.88. The molecule has 0 spiro atoms. The number of nitrogens with two attached hydrogens (primary N) is 1. The average Bonchev–Trinajstić information content (AvgIpc) is 2.30. The number of hydrogen-bond donors (Lipinski definition) is 1. The van der Waals surface area contributed by atoms with Gasteiger partial charge in [0.1, 0.15) is 17.7 Å². The fraction of sp³-hybridized carbons (Fsp3) is 0.538. The predicted molar refractivity (Wildman–Crippen MR) is 66.8 cm³/mol. The summed E-state index contributed by atoms with van der Waals surface area (Å²) in [7, 11) is 0. The van der Waals surface area contributed by atoms with Crippen LogP contribution in [0.25, 0.3) is 0 Å². The summed E-state index contributed by atoms with van der Waals surface area (Å²) in [6.07, 6.45) is 1.83. The van der Waals surface area contributed by atoms with Gasteiger partial charge in [-0.25, -0.2) is 4.39 Å². The Morgan fingerprint density at radius 2 is 2.29 bits per heavy atom. The smallest absolute Gasteiger partial charge is 0.138 e. The summed E-state index contributed by atoms with van der Waals surface area (Å²) in [6.45, 7) is 4.21. The lowest BCUT2D eigenvalue weighted by atomic mass is 9.62. The number of halogens is 2. The topological polar surface area (TPSA) is 35.2 Å². The highest BCUT2D eigenvalue weighted by atomic mass is 35.5. The van der Waals surface area contributed by atoms with Crippen LogP contribution in [0, 0.1) is 11.2 Å². The quantitative estimate of drug-likeness (QED) is 0.901. The summed E-state index contributed by atoms with van der Waals surface area (Å²) in [6, 6.07) is 4.34. The van der Waals surface area contributed by atoms with Gasteiger partial charge >= 0.3 is 0 Å². The Balaban J connectivity index is 2.12. The summed E-state index contributed by atoms with van der Waals surface area (Å²) in [5, 5.41) is 0.309. The van der Waals surface area contributed by atoms with E-state index >= 15 is 0 Å². The van der Waals surface area contributed by atoms with Crippen molar-refractivity contribution in [1.82, 2.24) is 0 Å². The van der Waals surface area contributed by atoms with Gasteiger partial charge in [-0.05, 0) is 24.6 Å². The molecule has 0 amide bonds. The summed E-state index contributed by atoms with van der Waals surface area (Å²) in [5.41, 5.74) is 5.98. The molecule has 0 saturated heterocycles.